The Kier molecular flexibility index (Phi) is 2.87. The molecule has 0 atom stereocenters. The smallest absolute Gasteiger partial charge is 0.195 e. The summed E-state index contributed by atoms with van der Waals surface area (Å²) >= 11 is 5.47. The average Bonchev–Trinajstić information content (AvgIpc) is 2.74. The van der Waals surface area contributed by atoms with Crippen LogP contribution >= 0.6 is 11.6 Å². The first-order valence-electron chi connectivity index (χ1n) is 4.29. The Morgan fingerprint density at radius 3 is 2.56 bits per heavy atom. The Morgan fingerprint density at radius 2 is 1.94 bits per heavy atom. The third-order valence-electron chi connectivity index (χ3n) is 2.00. The van der Waals surface area contributed by atoms with Crippen molar-refractivity contribution in [1.82, 2.24) is 5.16 Å². The molecule has 0 aliphatic carbocycles. The highest BCUT2D eigenvalue weighted by molar-refractivity contribution is 6.16. The fourth-order valence-corrected chi connectivity index (χ4v) is 1.34. The van der Waals surface area contributed by atoms with E-state index >= 15 is 0 Å². The summed E-state index contributed by atoms with van der Waals surface area (Å²) in [7, 11) is 0. The van der Waals surface area contributed by atoms with Crippen molar-refractivity contribution in [2.75, 3.05) is 0 Å². The highest BCUT2D eigenvalue weighted by Crippen LogP contribution is 2.26. The Labute approximate surface area is 93.6 Å². The van der Waals surface area contributed by atoms with Crippen LogP contribution in [-0.2, 0) is 5.88 Å². The van der Waals surface area contributed by atoms with Gasteiger partial charge in [0.1, 0.15) is 0 Å². The van der Waals surface area contributed by atoms with Gasteiger partial charge in [-0.25, -0.2) is 13.2 Å². The minimum absolute atomic E-state index is 0.00653. The molecule has 0 saturated carbocycles. The summed E-state index contributed by atoms with van der Waals surface area (Å²) < 4.78 is 43.7. The second-order valence-corrected chi connectivity index (χ2v) is 3.31. The number of hydrogen-bond donors (Lipinski definition) is 0. The van der Waals surface area contributed by atoms with Crippen LogP contribution in [0.1, 0.15) is 5.69 Å². The van der Waals surface area contributed by atoms with Gasteiger partial charge in [-0.1, -0.05) is 5.16 Å². The Bertz CT molecular complexity index is 527. The molecule has 1 heterocycles. The van der Waals surface area contributed by atoms with Crippen LogP contribution in [0.15, 0.2) is 22.7 Å². The van der Waals surface area contributed by atoms with E-state index in [1.807, 2.05) is 0 Å². The lowest BCUT2D eigenvalue weighted by molar-refractivity contribution is 0.416. The predicted octanol–water partition coefficient (Wildman–Crippen LogP) is 3.50. The quantitative estimate of drug-likeness (QED) is 0.600. The second-order valence-electron chi connectivity index (χ2n) is 3.04. The van der Waals surface area contributed by atoms with Gasteiger partial charge < -0.3 is 4.52 Å². The van der Waals surface area contributed by atoms with Gasteiger partial charge in [0, 0.05) is 6.07 Å². The number of rotatable bonds is 2. The summed E-state index contributed by atoms with van der Waals surface area (Å²) in [5.41, 5.74) is 0.198. The Hall–Kier alpha value is -1.49. The third kappa shape index (κ3) is 1.78. The van der Waals surface area contributed by atoms with Crippen molar-refractivity contribution >= 4 is 11.6 Å². The topological polar surface area (TPSA) is 26.0 Å². The minimum atomic E-state index is -1.54. The van der Waals surface area contributed by atoms with Gasteiger partial charge in [0.05, 0.1) is 17.1 Å². The lowest BCUT2D eigenvalue weighted by Crippen LogP contribution is -1.92. The van der Waals surface area contributed by atoms with Crippen molar-refractivity contribution in [2.24, 2.45) is 0 Å². The van der Waals surface area contributed by atoms with Gasteiger partial charge in [-0.2, -0.15) is 0 Å². The molecule has 0 spiro atoms. The average molecular weight is 248 g/mol. The first-order valence-corrected chi connectivity index (χ1v) is 4.82. The van der Waals surface area contributed by atoms with Crippen LogP contribution in [0.3, 0.4) is 0 Å². The second kappa shape index (κ2) is 4.17. The van der Waals surface area contributed by atoms with E-state index in [4.69, 9.17) is 16.1 Å². The molecule has 2 aromatic rings. The van der Waals surface area contributed by atoms with E-state index in [-0.39, 0.29) is 17.2 Å². The monoisotopic (exact) mass is 247 g/mol. The van der Waals surface area contributed by atoms with Crippen molar-refractivity contribution < 1.29 is 17.7 Å². The molecule has 2 nitrogen and oxygen atoms in total. The molecule has 1 aromatic heterocycles. The molecule has 0 bridgehead atoms. The van der Waals surface area contributed by atoms with Gasteiger partial charge in [0.15, 0.2) is 23.2 Å². The molecule has 0 unspecified atom stereocenters. The van der Waals surface area contributed by atoms with E-state index in [0.717, 1.165) is 12.1 Å². The zero-order valence-corrected chi connectivity index (χ0v) is 8.56. The summed E-state index contributed by atoms with van der Waals surface area (Å²) in [6.07, 6.45) is 0. The van der Waals surface area contributed by atoms with Crippen molar-refractivity contribution in [1.29, 1.82) is 0 Å². The van der Waals surface area contributed by atoms with Gasteiger partial charge in [0.2, 0.25) is 0 Å². The van der Waals surface area contributed by atoms with Crippen LogP contribution in [0.4, 0.5) is 13.2 Å². The van der Waals surface area contributed by atoms with Gasteiger partial charge in [-0.15, -0.1) is 11.6 Å². The standard InChI is InChI=1S/C10H5ClF3NO/c11-4-5-3-8(16-15-5)6-1-2-7(12)10(14)9(6)13/h1-3H,4H2. The van der Waals surface area contributed by atoms with Gasteiger partial charge >= 0.3 is 0 Å². The maximum Gasteiger partial charge on any atom is 0.195 e. The molecule has 0 radical (unpaired) electrons. The molecule has 0 fully saturated rings. The van der Waals surface area contributed by atoms with Crippen molar-refractivity contribution in [3.63, 3.8) is 0 Å². The summed E-state index contributed by atoms with van der Waals surface area (Å²) in [6, 6.07) is 3.26. The van der Waals surface area contributed by atoms with Crippen LogP contribution in [0.5, 0.6) is 0 Å². The molecule has 84 valence electrons. The van der Waals surface area contributed by atoms with E-state index in [1.54, 1.807) is 0 Å². The zero-order valence-electron chi connectivity index (χ0n) is 7.81. The lowest BCUT2D eigenvalue weighted by atomic mass is 10.1. The number of nitrogens with zero attached hydrogens (tertiary/aromatic N) is 1. The number of aromatic nitrogens is 1. The molecular formula is C10H5ClF3NO. The van der Waals surface area contributed by atoms with E-state index in [2.05, 4.69) is 5.16 Å². The van der Waals surface area contributed by atoms with Crippen LogP contribution in [-0.4, -0.2) is 5.16 Å². The first kappa shape index (κ1) is 11.0. The summed E-state index contributed by atoms with van der Waals surface area (Å²) in [4.78, 5) is 0. The molecule has 2 rings (SSSR count). The first-order chi connectivity index (χ1) is 7.63. The summed E-state index contributed by atoms with van der Waals surface area (Å²) in [5, 5.41) is 3.51. The molecular weight excluding hydrogens is 243 g/mol. The molecule has 6 heteroatoms. The number of alkyl halides is 1. The third-order valence-corrected chi connectivity index (χ3v) is 2.27. The van der Waals surface area contributed by atoms with E-state index in [9.17, 15) is 13.2 Å². The van der Waals surface area contributed by atoms with E-state index < -0.39 is 17.5 Å². The molecule has 16 heavy (non-hydrogen) atoms. The zero-order chi connectivity index (χ0) is 11.7. The minimum Gasteiger partial charge on any atom is -0.356 e. The Balaban J connectivity index is 2.52. The fourth-order valence-electron chi connectivity index (χ4n) is 1.22. The molecule has 0 amide bonds. The predicted molar refractivity (Wildman–Crippen MR) is 51.4 cm³/mol. The fraction of sp³-hybridized carbons (Fsp3) is 0.100. The maximum absolute atomic E-state index is 13.3. The van der Waals surface area contributed by atoms with Gasteiger partial charge in [-0.05, 0) is 12.1 Å². The highest BCUT2D eigenvalue weighted by Gasteiger charge is 2.17. The molecule has 0 aliphatic rings. The van der Waals surface area contributed by atoms with Crippen LogP contribution in [0.25, 0.3) is 11.3 Å². The van der Waals surface area contributed by atoms with Crippen molar-refractivity contribution in [3.05, 3.63) is 41.3 Å². The normalized spacial score (nSPS) is 10.8. The van der Waals surface area contributed by atoms with Crippen LogP contribution < -0.4 is 0 Å². The summed E-state index contributed by atoms with van der Waals surface area (Å²) in [6.45, 7) is 0. The van der Waals surface area contributed by atoms with Crippen molar-refractivity contribution in [3.8, 4) is 11.3 Å². The van der Waals surface area contributed by atoms with Gasteiger partial charge in [0.25, 0.3) is 0 Å². The van der Waals surface area contributed by atoms with Gasteiger partial charge in [-0.3, -0.25) is 0 Å². The number of benzene rings is 1. The van der Waals surface area contributed by atoms with E-state index in [1.165, 1.54) is 6.07 Å². The Morgan fingerprint density at radius 1 is 1.19 bits per heavy atom. The lowest BCUT2D eigenvalue weighted by Gasteiger charge is -1.99. The largest absolute Gasteiger partial charge is 0.356 e. The number of halogens is 4. The van der Waals surface area contributed by atoms with E-state index in [0.29, 0.717) is 5.69 Å². The van der Waals surface area contributed by atoms with Crippen molar-refractivity contribution in [2.45, 2.75) is 5.88 Å². The SMILES string of the molecule is Fc1ccc(-c2cc(CCl)no2)c(F)c1F. The molecule has 0 saturated heterocycles. The molecule has 0 aliphatic heterocycles. The maximum atomic E-state index is 13.3. The molecule has 1 aromatic carbocycles. The highest BCUT2D eigenvalue weighted by atomic mass is 35.5. The van der Waals surface area contributed by atoms with Crippen LogP contribution in [0.2, 0.25) is 0 Å². The summed E-state index contributed by atoms with van der Waals surface area (Å²) in [5.74, 6) is -4.00. The molecule has 0 N–H and O–H groups in total. The van der Waals surface area contributed by atoms with Crippen LogP contribution in [0, 0.1) is 17.5 Å². The number of hydrogen-bond acceptors (Lipinski definition) is 2.